The molecule has 1 aromatic carbocycles. The van der Waals surface area contributed by atoms with E-state index in [0.29, 0.717) is 12.0 Å². The molecule has 0 fully saturated rings. The van der Waals surface area contributed by atoms with E-state index < -0.39 is 17.7 Å². The highest BCUT2D eigenvalue weighted by atomic mass is 19.3. The van der Waals surface area contributed by atoms with Crippen molar-refractivity contribution < 1.29 is 23.6 Å². The molecule has 1 rings (SSSR count). The second-order valence-corrected chi connectivity index (χ2v) is 4.24. The van der Waals surface area contributed by atoms with Crippen molar-refractivity contribution >= 4 is 17.8 Å². The van der Waals surface area contributed by atoms with Crippen LogP contribution in [0.2, 0.25) is 0 Å². The molecule has 0 amide bonds. The SMILES string of the molecule is CC(=O)C(C=O)NO.CCC(F)(F)c1cccc(NC)c1. The van der Waals surface area contributed by atoms with E-state index in [1.54, 1.807) is 19.2 Å². The van der Waals surface area contributed by atoms with Crippen LogP contribution < -0.4 is 10.8 Å². The molecule has 1 atom stereocenters. The summed E-state index contributed by atoms with van der Waals surface area (Å²) in [7, 11) is 1.71. The summed E-state index contributed by atoms with van der Waals surface area (Å²) in [6.07, 6.45) is 0.169. The summed E-state index contributed by atoms with van der Waals surface area (Å²) in [5.74, 6) is -3.12. The first kappa shape index (κ1) is 19.1. The fraction of sp³-hybridized carbons (Fsp3) is 0.429. The van der Waals surface area contributed by atoms with Gasteiger partial charge in [0.05, 0.1) is 0 Å². The van der Waals surface area contributed by atoms with Gasteiger partial charge < -0.3 is 15.3 Å². The van der Waals surface area contributed by atoms with Gasteiger partial charge in [-0.2, -0.15) is 5.48 Å². The molecule has 5 nitrogen and oxygen atoms in total. The van der Waals surface area contributed by atoms with Crippen LogP contribution in [-0.4, -0.2) is 30.4 Å². The molecule has 21 heavy (non-hydrogen) atoms. The molecule has 1 unspecified atom stereocenters. The van der Waals surface area contributed by atoms with Gasteiger partial charge in [-0.15, -0.1) is 0 Å². The van der Waals surface area contributed by atoms with Crippen LogP contribution in [0.1, 0.15) is 25.8 Å². The predicted molar refractivity (Wildman–Crippen MR) is 75.6 cm³/mol. The van der Waals surface area contributed by atoms with E-state index in [0.717, 1.165) is 0 Å². The van der Waals surface area contributed by atoms with E-state index in [2.05, 4.69) is 5.32 Å². The lowest BCUT2D eigenvalue weighted by molar-refractivity contribution is -0.126. The number of hydrogen-bond acceptors (Lipinski definition) is 5. The van der Waals surface area contributed by atoms with E-state index >= 15 is 0 Å². The van der Waals surface area contributed by atoms with Gasteiger partial charge >= 0.3 is 0 Å². The van der Waals surface area contributed by atoms with Gasteiger partial charge in [0.1, 0.15) is 12.3 Å². The first-order valence-corrected chi connectivity index (χ1v) is 6.33. The van der Waals surface area contributed by atoms with E-state index in [1.165, 1.54) is 31.5 Å². The maximum Gasteiger partial charge on any atom is 0.273 e. The van der Waals surface area contributed by atoms with Crippen molar-refractivity contribution in [3.8, 4) is 0 Å². The zero-order valence-electron chi connectivity index (χ0n) is 12.2. The largest absolute Gasteiger partial charge is 0.388 e. The summed E-state index contributed by atoms with van der Waals surface area (Å²) >= 11 is 0. The van der Waals surface area contributed by atoms with Gasteiger partial charge in [-0.1, -0.05) is 19.1 Å². The number of carbonyl (C=O) groups excluding carboxylic acids is 2. The van der Waals surface area contributed by atoms with Crippen molar-refractivity contribution in [1.82, 2.24) is 5.48 Å². The molecule has 0 aliphatic heterocycles. The normalized spacial score (nSPS) is 11.9. The van der Waals surface area contributed by atoms with Crippen LogP contribution in [0, 0.1) is 0 Å². The minimum Gasteiger partial charge on any atom is -0.388 e. The number of hydroxylamine groups is 1. The number of ketones is 1. The Labute approximate surface area is 122 Å². The van der Waals surface area contributed by atoms with Crippen LogP contribution in [0.4, 0.5) is 14.5 Å². The Hall–Kier alpha value is -1.86. The lowest BCUT2D eigenvalue weighted by Crippen LogP contribution is -2.33. The Morgan fingerprint density at radius 2 is 2.10 bits per heavy atom. The van der Waals surface area contributed by atoms with Gasteiger partial charge in [0, 0.05) is 24.7 Å². The summed E-state index contributed by atoms with van der Waals surface area (Å²) in [6, 6.07) is 5.25. The van der Waals surface area contributed by atoms with Crippen LogP contribution in [0.15, 0.2) is 24.3 Å². The molecule has 0 aromatic heterocycles. The van der Waals surface area contributed by atoms with Crippen molar-refractivity contribution in [2.45, 2.75) is 32.2 Å². The fourth-order valence-corrected chi connectivity index (χ4v) is 1.32. The molecule has 0 heterocycles. The highest BCUT2D eigenvalue weighted by molar-refractivity contribution is 5.95. The Balaban J connectivity index is 0.000000433. The van der Waals surface area contributed by atoms with Gasteiger partial charge in [0.15, 0.2) is 5.78 Å². The zero-order chi connectivity index (χ0) is 16.5. The maximum absolute atomic E-state index is 13.2. The first-order valence-electron chi connectivity index (χ1n) is 6.33. The molecular weight excluding hydrogens is 282 g/mol. The number of benzene rings is 1. The van der Waals surface area contributed by atoms with Crippen molar-refractivity contribution in [2.24, 2.45) is 0 Å². The standard InChI is InChI=1S/C10H13F2N.C4H7NO3/c1-3-10(11,12)8-5-4-6-9(7-8)13-2;1-3(7)4(2-6)5-8/h4-7,13H,3H2,1-2H3;2,4-5,8H,1H3. The molecular formula is C14H20F2N2O3. The van der Waals surface area contributed by atoms with Crippen LogP contribution >= 0.6 is 0 Å². The predicted octanol–water partition coefficient (Wildman–Crippen LogP) is 2.35. The highest BCUT2D eigenvalue weighted by Gasteiger charge is 2.28. The lowest BCUT2D eigenvalue weighted by atomic mass is 10.1. The second kappa shape index (κ2) is 9.15. The number of rotatable bonds is 6. The van der Waals surface area contributed by atoms with Crippen LogP contribution in [0.25, 0.3) is 0 Å². The minimum atomic E-state index is -2.72. The topological polar surface area (TPSA) is 78.4 Å². The molecule has 0 aliphatic rings. The van der Waals surface area contributed by atoms with E-state index in [1.807, 2.05) is 0 Å². The fourth-order valence-electron chi connectivity index (χ4n) is 1.32. The molecule has 0 bridgehead atoms. The van der Waals surface area contributed by atoms with Gasteiger partial charge in [-0.05, 0) is 19.1 Å². The average molecular weight is 302 g/mol. The molecule has 1 aromatic rings. The maximum atomic E-state index is 13.2. The number of carbonyl (C=O) groups is 2. The molecule has 3 N–H and O–H groups in total. The molecule has 0 aliphatic carbocycles. The van der Waals surface area contributed by atoms with Crippen molar-refractivity contribution in [3.63, 3.8) is 0 Å². The van der Waals surface area contributed by atoms with Crippen molar-refractivity contribution in [3.05, 3.63) is 29.8 Å². The number of aldehydes is 1. The van der Waals surface area contributed by atoms with Crippen molar-refractivity contribution in [1.29, 1.82) is 0 Å². The average Bonchev–Trinajstić information content (AvgIpc) is 2.49. The van der Waals surface area contributed by atoms with E-state index in [-0.39, 0.29) is 12.0 Å². The summed E-state index contributed by atoms with van der Waals surface area (Å²) in [4.78, 5) is 19.9. The number of alkyl halides is 2. The Morgan fingerprint density at radius 1 is 1.48 bits per heavy atom. The molecule has 0 spiro atoms. The Morgan fingerprint density at radius 3 is 2.43 bits per heavy atom. The Bertz CT molecular complexity index is 467. The third kappa shape index (κ3) is 6.42. The second-order valence-electron chi connectivity index (χ2n) is 4.24. The molecule has 7 heteroatoms. The molecule has 0 saturated carbocycles. The summed E-state index contributed by atoms with van der Waals surface area (Å²) in [5, 5.41) is 10.8. The van der Waals surface area contributed by atoms with Gasteiger partial charge in [-0.3, -0.25) is 4.79 Å². The smallest absolute Gasteiger partial charge is 0.273 e. The number of hydrogen-bond donors (Lipinski definition) is 3. The first-order chi connectivity index (χ1) is 9.82. The lowest BCUT2D eigenvalue weighted by Gasteiger charge is -2.15. The summed E-state index contributed by atoms with van der Waals surface area (Å²) in [6.45, 7) is 2.69. The third-order valence-corrected chi connectivity index (χ3v) is 2.73. The van der Waals surface area contributed by atoms with Crippen LogP contribution in [0.5, 0.6) is 0 Å². The number of nitrogens with one attached hydrogen (secondary N) is 2. The number of halogens is 2. The minimum absolute atomic E-state index is 0.0712. The van der Waals surface area contributed by atoms with E-state index in [4.69, 9.17) is 5.21 Å². The summed E-state index contributed by atoms with van der Waals surface area (Å²) in [5.41, 5.74) is 2.32. The summed E-state index contributed by atoms with van der Waals surface area (Å²) < 4.78 is 26.3. The van der Waals surface area contributed by atoms with Crippen LogP contribution in [0.3, 0.4) is 0 Å². The molecule has 0 saturated heterocycles. The third-order valence-electron chi connectivity index (χ3n) is 2.73. The van der Waals surface area contributed by atoms with Gasteiger partial charge in [0.2, 0.25) is 0 Å². The van der Waals surface area contributed by atoms with Gasteiger partial charge in [0.25, 0.3) is 5.92 Å². The monoisotopic (exact) mass is 302 g/mol. The zero-order valence-corrected chi connectivity index (χ0v) is 12.2. The van der Waals surface area contributed by atoms with Crippen molar-refractivity contribution in [2.75, 3.05) is 12.4 Å². The molecule has 0 radical (unpaired) electrons. The molecule has 118 valence electrons. The Kier molecular flexibility index (Phi) is 8.34. The number of Topliss-reactive ketones (excluding diaryl/α,β-unsaturated/α-hetero) is 1. The van der Waals surface area contributed by atoms with Crippen LogP contribution in [-0.2, 0) is 15.5 Å². The number of anilines is 1. The highest BCUT2D eigenvalue weighted by Crippen LogP contribution is 2.32. The van der Waals surface area contributed by atoms with E-state index in [9.17, 15) is 18.4 Å². The van der Waals surface area contributed by atoms with Gasteiger partial charge in [-0.25, -0.2) is 8.78 Å². The quantitative estimate of drug-likeness (QED) is 0.427.